The van der Waals surface area contributed by atoms with Gasteiger partial charge in [0.1, 0.15) is 11.6 Å². The van der Waals surface area contributed by atoms with Gasteiger partial charge in [-0.05, 0) is 56.6 Å². The van der Waals surface area contributed by atoms with Crippen LogP contribution in [0, 0.1) is 6.92 Å². The van der Waals surface area contributed by atoms with Crippen LogP contribution >= 0.6 is 0 Å². The highest BCUT2D eigenvalue weighted by atomic mass is 16.5. The summed E-state index contributed by atoms with van der Waals surface area (Å²) in [6.45, 7) is 5.11. The fourth-order valence-electron chi connectivity index (χ4n) is 4.13. The van der Waals surface area contributed by atoms with Crippen LogP contribution in [0.25, 0.3) is 11.4 Å². The second kappa shape index (κ2) is 9.43. The third-order valence-corrected chi connectivity index (χ3v) is 5.95. The number of methoxy groups -OCH3 is 1. The summed E-state index contributed by atoms with van der Waals surface area (Å²) in [6.07, 6.45) is 5.78. The molecule has 0 bridgehead atoms. The van der Waals surface area contributed by atoms with E-state index in [0.29, 0.717) is 5.92 Å². The van der Waals surface area contributed by atoms with Crippen molar-refractivity contribution in [3.63, 3.8) is 0 Å². The molecule has 0 N–H and O–H groups in total. The van der Waals surface area contributed by atoms with Crippen molar-refractivity contribution in [2.75, 3.05) is 39.2 Å². The lowest BCUT2D eigenvalue weighted by molar-refractivity contribution is 0.201. The monoisotopic (exact) mass is 417 g/mol. The quantitative estimate of drug-likeness (QED) is 0.596. The maximum atomic E-state index is 5.60. The molecule has 6 heteroatoms. The van der Waals surface area contributed by atoms with Crippen LogP contribution in [0.2, 0.25) is 0 Å². The summed E-state index contributed by atoms with van der Waals surface area (Å²) in [4.78, 5) is 18.5. The highest BCUT2D eigenvalue weighted by Gasteiger charge is 2.24. The second-order valence-electron chi connectivity index (χ2n) is 8.48. The summed E-state index contributed by atoms with van der Waals surface area (Å²) in [5.41, 5.74) is 4.56. The molecule has 1 aliphatic heterocycles. The number of hydrogen-bond donors (Lipinski definition) is 0. The molecule has 1 aliphatic rings. The highest BCUT2D eigenvalue weighted by molar-refractivity contribution is 5.56. The van der Waals surface area contributed by atoms with Crippen molar-refractivity contribution in [1.82, 2.24) is 19.9 Å². The summed E-state index contributed by atoms with van der Waals surface area (Å²) < 4.78 is 5.60. The lowest BCUT2D eigenvalue weighted by atomic mass is 9.92. The first-order valence-corrected chi connectivity index (χ1v) is 10.9. The SMILES string of the molecule is COc1cc(C)ccc1CN1CCC(c2cc(N(C)C)nc(-c3cccnc3)n2)CC1. The maximum Gasteiger partial charge on any atom is 0.163 e. The Labute approximate surface area is 184 Å². The number of benzene rings is 1. The van der Waals surface area contributed by atoms with E-state index in [2.05, 4.69) is 41.1 Å². The number of likely N-dealkylation sites (tertiary alicyclic amines) is 1. The van der Waals surface area contributed by atoms with Gasteiger partial charge in [-0.2, -0.15) is 0 Å². The first kappa shape index (κ1) is 21.2. The van der Waals surface area contributed by atoms with Gasteiger partial charge in [0.2, 0.25) is 0 Å². The summed E-state index contributed by atoms with van der Waals surface area (Å²) in [5, 5.41) is 0. The molecule has 3 aromatic rings. The molecule has 1 saturated heterocycles. The summed E-state index contributed by atoms with van der Waals surface area (Å²) in [5.74, 6) is 3.11. The molecular formula is C25H31N5O. The van der Waals surface area contributed by atoms with Crippen molar-refractivity contribution in [2.24, 2.45) is 0 Å². The van der Waals surface area contributed by atoms with Gasteiger partial charge in [-0.25, -0.2) is 9.97 Å². The third-order valence-electron chi connectivity index (χ3n) is 5.95. The average molecular weight is 418 g/mol. The molecule has 0 amide bonds. The van der Waals surface area contributed by atoms with E-state index in [9.17, 15) is 0 Å². The van der Waals surface area contributed by atoms with Gasteiger partial charge in [0.15, 0.2) is 5.82 Å². The molecule has 0 saturated carbocycles. The van der Waals surface area contributed by atoms with E-state index in [4.69, 9.17) is 14.7 Å². The van der Waals surface area contributed by atoms with E-state index in [-0.39, 0.29) is 0 Å². The van der Waals surface area contributed by atoms with Crippen LogP contribution in [0.4, 0.5) is 5.82 Å². The Hall–Kier alpha value is -2.99. The number of pyridine rings is 1. The molecule has 0 aliphatic carbocycles. The number of aryl methyl sites for hydroxylation is 1. The molecule has 3 heterocycles. The third kappa shape index (κ3) is 5.02. The molecule has 2 aromatic heterocycles. The normalized spacial score (nSPS) is 15.1. The number of anilines is 1. The zero-order valence-electron chi connectivity index (χ0n) is 18.9. The minimum absolute atomic E-state index is 0.438. The smallest absolute Gasteiger partial charge is 0.163 e. The number of aromatic nitrogens is 3. The largest absolute Gasteiger partial charge is 0.496 e. The van der Waals surface area contributed by atoms with Gasteiger partial charge in [-0.3, -0.25) is 9.88 Å². The Bertz CT molecular complexity index is 1010. The standard InChI is InChI=1S/C25H31N5O/c1-18-7-8-21(23(14-18)31-4)17-30-12-9-19(10-13-30)22-15-24(29(2)3)28-25(27-22)20-6-5-11-26-16-20/h5-8,11,14-16,19H,9-10,12-13,17H2,1-4H3. The van der Waals surface area contributed by atoms with Crippen LogP contribution in [-0.2, 0) is 6.54 Å². The Morgan fingerprint density at radius 2 is 1.90 bits per heavy atom. The molecule has 31 heavy (non-hydrogen) atoms. The van der Waals surface area contributed by atoms with Crippen molar-refractivity contribution in [3.05, 3.63) is 65.6 Å². The first-order chi connectivity index (χ1) is 15.0. The van der Waals surface area contributed by atoms with E-state index in [1.54, 1.807) is 13.3 Å². The Morgan fingerprint density at radius 3 is 2.58 bits per heavy atom. The summed E-state index contributed by atoms with van der Waals surface area (Å²) in [7, 11) is 5.80. The van der Waals surface area contributed by atoms with Crippen molar-refractivity contribution in [1.29, 1.82) is 0 Å². The van der Waals surface area contributed by atoms with Crippen LogP contribution in [-0.4, -0.2) is 54.1 Å². The van der Waals surface area contributed by atoms with E-state index >= 15 is 0 Å². The number of nitrogens with zero attached hydrogens (tertiary/aromatic N) is 5. The Kier molecular flexibility index (Phi) is 6.47. The molecule has 162 valence electrons. The fraction of sp³-hybridized carbons (Fsp3) is 0.400. The van der Waals surface area contributed by atoms with Crippen LogP contribution < -0.4 is 9.64 Å². The van der Waals surface area contributed by atoms with Crippen molar-refractivity contribution >= 4 is 5.82 Å². The molecule has 0 spiro atoms. The van der Waals surface area contributed by atoms with Gasteiger partial charge >= 0.3 is 0 Å². The van der Waals surface area contributed by atoms with E-state index in [1.165, 1.54) is 11.1 Å². The number of rotatable bonds is 6. The molecule has 6 nitrogen and oxygen atoms in total. The molecule has 0 unspecified atom stereocenters. The Morgan fingerprint density at radius 1 is 1.10 bits per heavy atom. The van der Waals surface area contributed by atoms with Gasteiger partial charge in [-0.1, -0.05) is 12.1 Å². The zero-order chi connectivity index (χ0) is 21.8. The zero-order valence-corrected chi connectivity index (χ0v) is 18.9. The molecule has 4 rings (SSSR count). The minimum Gasteiger partial charge on any atom is -0.496 e. The highest BCUT2D eigenvalue weighted by Crippen LogP contribution is 2.31. The fourth-order valence-corrected chi connectivity index (χ4v) is 4.13. The topological polar surface area (TPSA) is 54.4 Å². The predicted molar refractivity (Wildman–Crippen MR) is 125 cm³/mol. The van der Waals surface area contributed by atoms with Crippen molar-refractivity contribution in [3.8, 4) is 17.1 Å². The van der Waals surface area contributed by atoms with Gasteiger partial charge in [0.25, 0.3) is 0 Å². The van der Waals surface area contributed by atoms with E-state index < -0.39 is 0 Å². The first-order valence-electron chi connectivity index (χ1n) is 10.9. The van der Waals surface area contributed by atoms with Gasteiger partial charge < -0.3 is 9.64 Å². The van der Waals surface area contributed by atoms with Crippen LogP contribution in [0.5, 0.6) is 5.75 Å². The predicted octanol–water partition coefficient (Wildman–Crippen LogP) is 4.30. The van der Waals surface area contributed by atoms with Crippen LogP contribution in [0.3, 0.4) is 0 Å². The summed E-state index contributed by atoms with van der Waals surface area (Å²) in [6, 6.07) is 12.6. The molecular weight excluding hydrogens is 386 g/mol. The van der Waals surface area contributed by atoms with Crippen molar-refractivity contribution in [2.45, 2.75) is 32.2 Å². The average Bonchev–Trinajstić information content (AvgIpc) is 2.81. The summed E-state index contributed by atoms with van der Waals surface area (Å²) >= 11 is 0. The van der Waals surface area contributed by atoms with Gasteiger partial charge in [0, 0.05) is 61.8 Å². The van der Waals surface area contributed by atoms with E-state index in [1.807, 2.05) is 37.3 Å². The lowest BCUT2D eigenvalue weighted by Crippen LogP contribution is -2.33. The Balaban J connectivity index is 1.49. The van der Waals surface area contributed by atoms with Crippen molar-refractivity contribution < 1.29 is 4.74 Å². The van der Waals surface area contributed by atoms with Crippen LogP contribution in [0.1, 0.15) is 35.6 Å². The maximum absolute atomic E-state index is 5.60. The van der Waals surface area contributed by atoms with E-state index in [0.717, 1.165) is 61.1 Å². The van der Waals surface area contributed by atoms with Gasteiger partial charge in [0.05, 0.1) is 7.11 Å². The number of ether oxygens (including phenoxy) is 1. The molecule has 0 atom stereocenters. The minimum atomic E-state index is 0.438. The number of hydrogen-bond acceptors (Lipinski definition) is 6. The molecule has 1 aromatic carbocycles. The van der Waals surface area contributed by atoms with Crippen LogP contribution in [0.15, 0.2) is 48.8 Å². The second-order valence-corrected chi connectivity index (χ2v) is 8.48. The molecule has 0 radical (unpaired) electrons. The van der Waals surface area contributed by atoms with Gasteiger partial charge in [-0.15, -0.1) is 0 Å². The lowest BCUT2D eigenvalue weighted by Gasteiger charge is -2.32. The number of piperidine rings is 1. The molecule has 1 fully saturated rings.